The highest BCUT2D eigenvalue weighted by atomic mass is 16.5. The predicted molar refractivity (Wildman–Crippen MR) is 133 cm³/mol. The summed E-state index contributed by atoms with van der Waals surface area (Å²) in [6.45, 7) is 6.92. The van der Waals surface area contributed by atoms with Crippen molar-refractivity contribution in [2.75, 3.05) is 38.8 Å². The maximum atomic E-state index is 12.9. The van der Waals surface area contributed by atoms with Crippen LogP contribution in [0, 0.1) is 0 Å². The van der Waals surface area contributed by atoms with E-state index < -0.39 is 0 Å². The van der Waals surface area contributed by atoms with Gasteiger partial charge in [0.2, 0.25) is 11.9 Å². The first kappa shape index (κ1) is 24.5. The Morgan fingerprint density at radius 1 is 1.20 bits per heavy atom. The molecular formula is C25H33N7O3. The molecule has 0 radical (unpaired) electrons. The molecule has 10 heteroatoms. The predicted octanol–water partition coefficient (Wildman–Crippen LogP) is 2.29. The first-order valence-electron chi connectivity index (χ1n) is 11.8. The molecule has 1 unspecified atom stereocenters. The molecule has 1 amide bonds. The summed E-state index contributed by atoms with van der Waals surface area (Å²) in [6.07, 6.45) is 5.59. The van der Waals surface area contributed by atoms with Crippen molar-refractivity contribution in [1.29, 1.82) is 0 Å². The largest absolute Gasteiger partial charge is 0.493 e. The van der Waals surface area contributed by atoms with Crippen molar-refractivity contribution < 1.29 is 14.3 Å². The Hall–Kier alpha value is -3.66. The summed E-state index contributed by atoms with van der Waals surface area (Å²) < 4.78 is 12.5. The number of piperazine rings is 1. The number of ether oxygens (including phenoxy) is 2. The lowest BCUT2D eigenvalue weighted by molar-refractivity contribution is -0.121. The molecular weight excluding hydrogens is 446 g/mol. The highest BCUT2D eigenvalue weighted by Crippen LogP contribution is 2.27. The zero-order chi connectivity index (χ0) is 24.8. The van der Waals surface area contributed by atoms with Crippen LogP contribution in [0.5, 0.6) is 11.5 Å². The van der Waals surface area contributed by atoms with Gasteiger partial charge in [-0.05, 0) is 23.6 Å². The van der Waals surface area contributed by atoms with E-state index in [1.165, 1.54) is 0 Å². The summed E-state index contributed by atoms with van der Waals surface area (Å²) in [5, 5.41) is 6.45. The molecule has 3 heterocycles. The lowest BCUT2D eigenvalue weighted by atomic mass is 10.1. The number of hydrogen-bond acceptors (Lipinski definition) is 8. The van der Waals surface area contributed by atoms with Crippen molar-refractivity contribution in [1.82, 2.24) is 30.2 Å². The molecule has 0 bridgehead atoms. The Kier molecular flexibility index (Phi) is 7.81. The van der Waals surface area contributed by atoms with Crippen molar-refractivity contribution in [3.8, 4) is 17.4 Å². The third-order valence-electron chi connectivity index (χ3n) is 6.05. The first-order chi connectivity index (χ1) is 17.0. The molecule has 3 aromatic rings. The molecule has 0 spiro atoms. The molecule has 186 valence electrons. The SMILES string of the molecule is COc1ccc(CNC(=O)CC2CNCCN2c2cc(C(C)C)nc(-n3ccnc3)n2)cc1OC. The van der Waals surface area contributed by atoms with Gasteiger partial charge in [0, 0.05) is 51.1 Å². The van der Waals surface area contributed by atoms with Crippen LogP contribution in [0.15, 0.2) is 43.0 Å². The fraction of sp³-hybridized carbons (Fsp3) is 0.440. The van der Waals surface area contributed by atoms with Gasteiger partial charge in [0.1, 0.15) is 12.1 Å². The molecule has 0 saturated carbocycles. The molecule has 4 rings (SSSR count). The number of benzene rings is 1. The average Bonchev–Trinajstić information content (AvgIpc) is 3.42. The number of rotatable bonds is 9. The van der Waals surface area contributed by atoms with E-state index in [1.807, 2.05) is 35.0 Å². The molecule has 35 heavy (non-hydrogen) atoms. The zero-order valence-electron chi connectivity index (χ0n) is 20.7. The van der Waals surface area contributed by atoms with E-state index in [0.29, 0.717) is 37.0 Å². The lowest BCUT2D eigenvalue weighted by Crippen LogP contribution is -2.53. The molecule has 2 aromatic heterocycles. The van der Waals surface area contributed by atoms with Crippen LogP contribution in [-0.2, 0) is 11.3 Å². The minimum Gasteiger partial charge on any atom is -0.493 e. The van der Waals surface area contributed by atoms with Crippen molar-refractivity contribution >= 4 is 11.7 Å². The Morgan fingerprint density at radius 2 is 2.03 bits per heavy atom. The van der Waals surface area contributed by atoms with Gasteiger partial charge in [0.05, 0.1) is 26.0 Å². The molecule has 1 aromatic carbocycles. The molecule has 1 saturated heterocycles. The van der Waals surface area contributed by atoms with Crippen molar-refractivity contribution in [3.63, 3.8) is 0 Å². The van der Waals surface area contributed by atoms with Crippen LogP contribution < -0.4 is 25.0 Å². The monoisotopic (exact) mass is 479 g/mol. The van der Waals surface area contributed by atoms with Crippen LogP contribution in [0.1, 0.15) is 37.4 Å². The van der Waals surface area contributed by atoms with E-state index in [-0.39, 0.29) is 17.9 Å². The summed E-state index contributed by atoms with van der Waals surface area (Å²) in [7, 11) is 3.20. The Bertz CT molecular complexity index is 1130. The molecule has 1 aliphatic rings. The van der Waals surface area contributed by atoms with Gasteiger partial charge in [-0.1, -0.05) is 19.9 Å². The van der Waals surface area contributed by atoms with Gasteiger partial charge in [-0.25, -0.2) is 9.97 Å². The van der Waals surface area contributed by atoms with Gasteiger partial charge in [-0.3, -0.25) is 9.36 Å². The van der Waals surface area contributed by atoms with Crippen LogP contribution in [-0.4, -0.2) is 65.3 Å². The number of nitrogens with one attached hydrogen (secondary N) is 2. The smallest absolute Gasteiger partial charge is 0.237 e. The van der Waals surface area contributed by atoms with Crippen LogP contribution in [0.4, 0.5) is 5.82 Å². The topological polar surface area (TPSA) is 106 Å². The van der Waals surface area contributed by atoms with E-state index >= 15 is 0 Å². The van der Waals surface area contributed by atoms with E-state index in [4.69, 9.17) is 19.4 Å². The molecule has 1 atom stereocenters. The molecule has 1 fully saturated rings. The van der Waals surface area contributed by atoms with Crippen LogP contribution >= 0.6 is 0 Å². The highest BCUT2D eigenvalue weighted by Gasteiger charge is 2.27. The van der Waals surface area contributed by atoms with Crippen LogP contribution in [0.2, 0.25) is 0 Å². The first-order valence-corrected chi connectivity index (χ1v) is 11.8. The third-order valence-corrected chi connectivity index (χ3v) is 6.05. The van der Waals surface area contributed by atoms with Gasteiger partial charge < -0.3 is 25.0 Å². The number of nitrogens with zero attached hydrogens (tertiary/aromatic N) is 5. The fourth-order valence-corrected chi connectivity index (χ4v) is 4.10. The summed E-state index contributed by atoms with van der Waals surface area (Å²) in [5.74, 6) is 2.93. The summed E-state index contributed by atoms with van der Waals surface area (Å²) in [4.78, 5) is 28.8. The molecule has 1 aliphatic heterocycles. The van der Waals surface area contributed by atoms with E-state index in [1.54, 1.807) is 26.7 Å². The maximum Gasteiger partial charge on any atom is 0.237 e. The molecule has 0 aliphatic carbocycles. The maximum absolute atomic E-state index is 12.9. The lowest BCUT2D eigenvalue weighted by Gasteiger charge is -2.37. The minimum atomic E-state index is -0.0281. The molecule has 10 nitrogen and oxygen atoms in total. The molecule has 2 N–H and O–H groups in total. The number of hydrogen-bond donors (Lipinski definition) is 2. The van der Waals surface area contributed by atoms with Crippen molar-refractivity contribution in [2.45, 2.75) is 38.8 Å². The number of aromatic nitrogens is 4. The second kappa shape index (κ2) is 11.2. The number of carbonyl (C=O) groups is 1. The van der Waals surface area contributed by atoms with Gasteiger partial charge in [-0.2, -0.15) is 4.98 Å². The zero-order valence-corrected chi connectivity index (χ0v) is 20.7. The minimum absolute atomic E-state index is 0.0218. The number of amides is 1. The van der Waals surface area contributed by atoms with Gasteiger partial charge in [-0.15, -0.1) is 0 Å². The number of imidazole rings is 1. The summed E-state index contributed by atoms with van der Waals surface area (Å²) >= 11 is 0. The van der Waals surface area contributed by atoms with Crippen molar-refractivity contribution in [2.24, 2.45) is 0 Å². The van der Waals surface area contributed by atoms with Gasteiger partial charge in [0.25, 0.3) is 0 Å². The van der Waals surface area contributed by atoms with Crippen LogP contribution in [0.25, 0.3) is 5.95 Å². The van der Waals surface area contributed by atoms with Crippen molar-refractivity contribution in [3.05, 3.63) is 54.2 Å². The number of methoxy groups -OCH3 is 2. The summed E-state index contributed by atoms with van der Waals surface area (Å²) in [6, 6.07) is 7.64. The second-order valence-electron chi connectivity index (χ2n) is 8.80. The summed E-state index contributed by atoms with van der Waals surface area (Å²) in [5.41, 5.74) is 1.89. The van der Waals surface area contributed by atoms with E-state index in [2.05, 4.69) is 34.4 Å². The van der Waals surface area contributed by atoms with E-state index in [0.717, 1.165) is 30.2 Å². The standard InChI is InChI=1S/C25H33N7O3/c1-17(2)20-13-23(30-25(29-20)31-9-7-27-16-31)32-10-8-26-15-19(32)12-24(33)28-14-18-5-6-21(34-3)22(11-18)35-4/h5-7,9,11,13,16-17,19,26H,8,10,12,14-15H2,1-4H3,(H,28,33). The average molecular weight is 480 g/mol. The Morgan fingerprint density at radius 3 is 2.74 bits per heavy atom. The number of carbonyl (C=O) groups excluding carboxylic acids is 1. The Labute approximate surface area is 205 Å². The Balaban J connectivity index is 1.48. The third kappa shape index (κ3) is 5.89. The fourth-order valence-electron chi connectivity index (χ4n) is 4.10. The van der Waals surface area contributed by atoms with E-state index in [9.17, 15) is 4.79 Å². The van der Waals surface area contributed by atoms with Gasteiger partial charge in [0.15, 0.2) is 11.5 Å². The van der Waals surface area contributed by atoms with Gasteiger partial charge >= 0.3 is 0 Å². The normalized spacial score (nSPS) is 15.8. The number of anilines is 1. The quantitative estimate of drug-likeness (QED) is 0.482. The van der Waals surface area contributed by atoms with Crippen LogP contribution in [0.3, 0.4) is 0 Å². The highest BCUT2D eigenvalue weighted by molar-refractivity contribution is 5.77. The second-order valence-corrected chi connectivity index (χ2v) is 8.80.